The number of benzene rings is 2. The minimum absolute atomic E-state index is 0.122. The van der Waals surface area contributed by atoms with Crippen LogP contribution in [-0.2, 0) is 0 Å². The predicted molar refractivity (Wildman–Crippen MR) is 104 cm³/mol. The van der Waals surface area contributed by atoms with Crippen LogP contribution in [0.3, 0.4) is 0 Å². The summed E-state index contributed by atoms with van der Waals surface area (Å²) in [4.78, 5) is 24.2. The molecule has 2 aromatic heterocycles. The Hall–Kier alpha value is -2.53. The van der Waals surface area contributed by atoms with Crippen LogP contribution in [0.2, 0.25) is 0 Å². The van der Waals surface area contributed by atoms with Crippen molar-refractivity contribution in [2.45, 2.75) is 31.2 Å². The van der Waals surface area contributed by atoms with Gasteiger partial charge in [0.1, 0.15) is 0 Å². The molecule has 0 bridgehead atoms. The van der Waals surface area contributed by atoms with Gasteiger partial charge in [-0.1, -0.05) is 36.0 Å². The number of H-pyrrole nitrogens is 2. The molecular weight excluding hydrogens is 330 g/mol. The second kappa shape index (κ2) is 6.08. The lowest BCUT2D eigenvalue weighted by atomic mass is 10.1. The molecule has 4 nitrogen and oxygen atoms in total. The summed E-state index contributed by atoms with van der Waals surface area (Å²) in [5, 5.41) is 1.54. The molecule has 2 N–H and O–H groups in total. The van der Waals surface area contributed by atoms with Crippen molar-refractivity contribution in [3.8, 4) is 0 Å². The van der Waals surface area contributed by atoms with Gasteiger partial charge in [0.25, 0.3) is 0 Å². The van der Waals surface area contributed by atoms with Gasteiger partial charge in [0.2, 0.25) is 0 Å². The fourth-order valence-corrected chi connectivity index (χ4v) is 4.05. The number of ketones is 1. The highest BCUT2D eigenvalue weighted by molar-refractivity contribution is 8.00. The minimum Gasteiger partial charge on any atom is -0.358 e. The third kappa shape index (κ3) is 2.85. The van der Waals surface area contributed by atoms with Crippen LogP contribution in [0.4, 0.5) is 0 Å². The van der Waals surface area contributed by atoms with Crippen LogP contribution < -0.4 is 0 Å². The molecule has 0 saturated heterocycles. The average Bonchev–Trinajstić information content (AvgIpc) is 3.12. The van der Waals surface area contributed by atoms with Gasteiger partial charge in [-0.25, -0.2) is 4.98 Å². The number of carbonyl (C=O) groups excluding carboxylic acids is 1. The van der Waals surface area contributed by atoms with E-state index in [1.807, 2.05) is 50.2 Å². The monoisotopic (exact) mass is 349 g/mol. The van der Waals surface area contributed by atoms with Crippen LogP contribution in [0.1, 0.15) is 28.5 Å². The molecule has 5 heteroatoms. The van der Waals surface area contributed by atoms with E-state index in [4.69, 9.17) is 0 Å². The lowest BCUT2D eigenvalue weighted by Crippen LogP contribution is -2.14. The van der Waals surface area contributed by atoms with Crippen LogP contribution in [0.25, 0.3) is 21.9 Å². The van der Waals surface area contributed by atoms with Crippen LogP contribution in [0.5, 0.6) is 0 Å². The Kier molecular flexibility index (Phi) is 3.88. The van der Waals surface area contributed by atoms with Crippen molar-refractivity contribution in [2.75, 3.05) is 0 Å². The summed E-state index contributed by atoms with van der Waals surface area (Å²) in [5.74, 6) is 0.122. The van der Waals surface area contributed by atoms with Crippen molar-refractivity contribution in [2.24, 2.45) is 0 Å². The predicted octanol–water partition coefficient (Wildman–Crippen LogP) is 5.02. The number of carbonyl (C=O) groups is 1. The third-order valence-corrected chi connectivity index (χ3v) is 5.40. The number of hydrogen-bond donors (Lipinski definition) is 2. The van der Waals surface area contributed by atoms with Gasteiger partial charge in [-0.3, -0.25) is 4.79 Å². The molecule has 0 spiro atoms. The van der Waals surface area contributed by atoms with E-state index in [9.17, 15) is 4.79 Å². The normalized spacial score (nSPS) is 12.8. The highest BCUT2D eigenvalue weighted by atomic mass is 32.2. The fraction of sp³-hybridized carbons (Fsp3) is 0.200. The highest BCUT2D eigenvalue weighted by Crippen LogP contribution is 2.29. The van der Waals surface area contributed by atoms with Gasteiger partial charge in [0.15, 0.2) is 10.9 Å². The van der Waals surface area contributed by atoms with Gasteiger partial charge in [-0.2, -0.15) is 0 Å². The first-order valence-corrected chi connectivity index (χ1v) is 9.15. The van der Waals surface area contributed by atoms with E-state index < -0.39 is 0 Å². The number of para-hydroxylation sites is 1. The number of fused-ring (bicyclic) bond motifs is 2. The number of imidazole rings is 1. The number of aromatic amines is 2. The van der Waals surface area contributed by atoms with Crippen molar-refractivity contribution in [3.05, 3.63) is 59.3 Å². The fourth-order valence-electron chi connectivity index (χ4n) is 3.17. The number of aromatic nitrogens is 3. The molecule has 0 aliphatic rings. The summed E-state index contributed by atoms with van der Waals surface area (Å²) in [5.41, 5.74) is 5.81. The number of thioether (sulfide) groups is 1. The van der Waals surface area contributed by atoms with E-state index in [1.165, 1.54) is 17.3 Å². The Morgan fingerprint density at radius 1 is 1.08 bits per heavy atom. The first kappa shape index (κ1) is 16.0. The standard InChI is InChI=1S/C20H19N3OS/c1-11-8-9-16-17(10-11)23-20(22-16)25-13(3)19(24)18-12(2)21-15-7-5-4-6-14(15)18/h4-10,13,21H,1-3H3,(H,22,23)/t13-/m0/s1. The van der Waals surface area contributed by atoms with Crippen LogP contribution in [0, 0.1) is 13.8 Å². The van der Waals surface area contributed by atoms with Gasteiger partial charge in [0, 0.05) is 22.2 Å². The van der Waals surface area contributed by atoms with E-state index in [0.29, 0.717) is 0 Å². The Labute approximate surface area is 150 Å². The van der Waals surface area contributed by atoms with E-state index >= 15 is 0 Å². The summed E-state index contributed by atoms with van der Waals surface area (Å²) in [6.45, 7) is 5.94. The van der Waals surface area contributed by atoms with Crippen molar-refractivity contribution >= 4 is 39.5 Å². The van der Waals surface area contributed by atoms with E-state index in [2.05, 4.69) is 27.9 Å². The van der Waals surface area contributed by atoms with Crippen molar-refractivity contribution < 1.29 is 4.79 Å². The SMILES string of the molecule is Cc1ccc2nc(S[C@@H](C)C(=O)c3c(C)[nH]c4ccccc34)[nH]c2c1. The van der Waals surface area contributed by atoms with Gasteiger partial charge in [0.05, 0.1) is 16.3 Å². The third-order valence-electron chi connectivity index (χ3n) is 4.41. The molecule has 126 valence electrons. The van der Waals surface area contributed by atoms with Crippen molar-refractivity contribution in [3.63, 3.8) is 0 Å². The number of rotatable bonds is 4. The van der Waals surface area contributed by atoms with Crippen molar-refractivity contribution in [1.29, 1.82) is 0 Å². The molecule has 0 amide bonds. The van der Waals surface area contributed by atoms with Crippen LogP contribution in [-0.4, -0.2) is 26.0 Å². The lowest BCUT2D eigenvalue weighted by Gasteiger charge is -2.08. The second-order valence-electron chi connectivity index (χ2n) is 6.36. The zero-order valence-corrected chi connectivity index (χ0v) is 15.2. The first-order valence-electron chi connectivity index (χ1n) is 8.27. The van der Waals surface area contributed by atoms with Crippen molar-refractivity contribution in [1.82, 2.24) is 15.0 Å². The van der Waals surface area contributed by atoms with Crippen LogP contribution in [0.15, 0.2) is 47.6 Å². The maximum atomic E-state index is 13.0. The summed E-state index contributed by atoms with van der Waals surface area (Å²) < 4.78 is 0. The molecule has 0 saturated carbocycles. The first-order chi connectivity index (χ1) is 12.0. The molecular formula is C20H19N3OS. The summed E-state index contributed by atoms with van der Waals surface area (Å²) in [6, 6.07) is 14.0. The number of nitrogens with one attached hydrogen (secondary N) is 2. The maximum absolute atomic E-state index is 13.0. The number of nitrogens with zero attached hydrogens (tertiary/aromatic N) is 1. The number of aryl methyl sites for hydroxylation is 2. The highest BCUT2D eigenvalue weighted by Gasteiger charge is 2.23. The lowest BCUT2D eigenvalue weighted by molar-refractivity contribution is 0.0995. The zero-order valence-electron chi connectivity index (χ0n) is 14.4. The summed E-state index contributed by atoms with van der Waals surface area (Å²) in [7, 11) is 0. The molecule has 0 unspecified atom stereocenters. The molecule has 0 aliphatic carbocycles. The van der Waals surface area contributed by atoms with Crippen LogP contribution >= 0.6 is 11.8 Å². The molecule has 4 rings (SSSR count). The van der Waals surface area contributed by atoms with Gasteiger partial charge >= 0.3 is 0 Å². The van der Waals surface area contributed by atoms with Gasteiger partial charge in [-0.05, 0) is 44.5 Å². The smallest absolute Gasteiger partial charge is 0.178 e. The Morgan fingerprint density at radius 3 is 2.72 bits per heavy atom. The molecule has 2 aromatic carbocycles. The van der Waals surface area contributed by atoms with E-state index in [0.717, 1.165) is 38.4 Å². The summed E-state index contributed by atoms with van der Waals surface area (Å²) >= 11 is 1.47. The minimum atomic E-state index is -0.223. The van der Waals surface area contributed by atoms with Gasteiger partial charge < -0.3 is 9.97 Å². The molecule has 0 aliphatic heterocycles. The molecule has 25 heavy (non-hydrogen) atoms. The maximum Gasteiger partial charge on any atom is 0.178 e. The Bertz CT molecular complexity index is 1090. The molecule has 1 atom stereocenters. The number of hydrogen-bond acceptors (Lipinski definition) is 3. The average molecular weight is 349 g/mol. The molecule has 0 radical (unpaired) electrons. The summed E-state index contributed by atoms with van der Waals surface area (Å²) in [6.07, 6.45) is 0. The quantitative estimate of drug-likeness (QED) is 0.401. The Balaban J connectivity index is 1.64. The van der Waals surface area contributed by atoms with E-state index in [1.54, 1.807) is 0 Å². The molecule has 2 heterocycles. The topological polar surface area (TPSA) is 61.5 Å². The second-order valence-corrected chi connectivity index (χ2v) is 7.69. The van der Waals surface area contributed by atoms with Gasteiger partial charge in [-0.15, -0.1) is 0 Å². The molecule has 0 fully saturated rings. The largest absolute Gasteiger partial charge is 0.358 e. The number of Topliss-reactive ketones (excluding diaryl/α,β-unsaturated/α-hetero) is 1. The van der Waals surface area contributed by atoms with E-state index in [-0.39, 0.29) is 11.0 Å². The molecule has 4 aromatic rings. The Morgan fingerprint density at radius 2 is 1.88 bits per heavy atom. The zero-order chi connectivity index (χ0) is 17.6.